The van der Waals surface area contributed by atoms with Gasteiger partial charge in [-0.25, -0.2) is 0 Å². The number of aromatic nitrogens is 1. The first kappa shape index (κ1) is 12.7. The van der Waals surface area contributed by atoms with Gasteiger partial charge < -0.3 is 15.2 Å². The van der Waals surface area contributed by atoms with E-state index in [-0.39, 0.29) is 5.91 Å². The summed E-state index contributed by atoms with van der Waals surface area (Å²) in [7, 11) is 0. The van der Waals surface area contributed by atoms with Crippen LogP contribution in [0.4, 0.5) is 5.69 Å². The average Bonchev–Trinajstić information content (AvgIpc) is 3.17. The normalized spacial score (nSPS) is 14.1. The van der Waals surface area contributed by atoms with E-state index in [1.165, 1.54) is 0 Å². The number of amides is 1. The molecule has 1 aromatic carbocycles. The van der Waals surface area contributed by atoms with Crippen LogP contribution in [-0.2, 0) is 6.54 Å². The van der Waals surface area contributed by atoms with Crippen LogP contribution in [-0.4, -0.2) is 17.1 Å². The van der Waals surface area contributed by atoms with E-state index in [0.717, 1.165) is 30.0 Å². The largest absolute Gasteiger partial charge is 0.379 e. The van der Waals surface area contributed by atoms with Crippen LogP contribution in [0.15, 0.2) is 34.9 Å². The maximum atomic E-state index is 12.1. The van der Waals surface area contributed by atoms with Crippen LogP contribution in [0.1, 0.15) is 34.7 Å². The molecule has 0 bridgehead atoms. The number of nitrogens with one attached hydrogen (secondary N) is 2. The summed E-state index contributed by atoms with van der Waals surface area (Å²) in [5.41, 5.74) is 2.30. The summed E-state index contributed by atoms with van der Waals surface area (Å²) in [6.07, 6.45) is 2.17. The minimum absolute atomic E-state index is 0.0214. The lowest BCUT2D eigenvalue weighted by Crippen LogP contribution is -2.26. The number of carbonyl (C=O) groups excluding carboxylic acids is 1. The molecule has 2 aromatic rings. The first-order valence-corrected chi connectivity index (χ1v) is 6.78. The van der Waals surface area contributed by atoms with E-state index < -0.39 is 0 Å². The molecule has 1 fully saturated rings. The molecule has 0 spiro atoms. The molecule has 1 aliphatic rings. The van der Waals surface area contributed by atoms with E-state index in [1.54, 1.807) is 0 Å². The first-order chi connectivity index (χ1) is 9.72. The van der Waals surface area contributed by atoms with Gasteiger partial charge in [0.2, 0.25) is 0 Å². The maximum absolute atomic E-state index is 12.1. The maximum Gasteiger partial charge on any atom is 0.253 e. The van der Waals surface area contributed by atoms with Crippen molar-refractivity contribution in [2.24, 2.45) is 0 Å². The highest BCUT2D eigenvalue weighted by Crippen LogP contribution is 2.21. The smallest absolute Gasteiger partial charge is 0.253 e. The lowest BCUT2D eigenvalue weighted by molar-refractivity contribution is 0.0952. The zero-order valence-electron chi connectivity index (χ0n) is 11.3. The Balaban J connectivity index is 1.70. The second-order valence-corrected chi connectivity index (χ2v) is 5.08. The van der Waals surface area contributed by atoms with Gasteiger partial charge in [0.1, 0.15) is 11.5 Å². The van der Waals surface area contributed by atoms with Crippen molar-refractivity contribution in [2.45, 2.75) is 32.4 Å². The molecule has 1 aliphatic carbocycles. The monoisotopic (exact) mass is 271 g/mol. The molecule has 1 aromatic heterocycles. The molecular weight excluding hydrogens is 254 g/mol. The minimum Gasteiger partial charge on any atom is -0.379 e. The molecule has 0 aliphatic heterocycles. The summed E-state index contributed by atoms with van der Waals surface area (Å²) in [6.45, 7) is 2.39. The van der Waals surface area contributed by atoms with Crippen molar-refractivity contribution in [3.8, 4) is 0 Å². The average molecular weight is 271 g/mol. The topological polar surface area (TPSA) is 67.2 Å². The first-order valence-electron chi connectivity index (χ1n) is 6.78. The van der Waals surface area contributed by atoms with Gasteiger partial charge in [-0.3, -0.25) is 4.79 Å². The van der Waals surface area contributed by atoms with Gasteiger partial charge >= 0.3 is 0 Å². The van der Waals surface area contributed by atoms with Crippen molar-refractivity contribution in [1.82, 2.24) is 10.5 Å². The minimum atomic E-state index is -0.0214. The molecule has 0 radical (unpaired) electrons. The standard InChI is InChI=1S/C15H17N3O2/c1-10-8-12(18-20-10)9-16-14-5-3-2-4-13(14)15(19)17-11-6-7-11/h2-5,8,11,16H,6-7,9H2,1H3,(H,17,19). The van der Waals surface area contributed by atoms with Crippen LogP contribution >= 0.6 is 0 Å². The Labute approximate surface area is 117 Å². The zero-order valence-corrected chi connectivity index (χ0v) is 11.3. The fourth-order valence-corrected chi connectivity index (χ4v) is 2.01. The summed E-state index contributed by atoms with van der Waals surface area (Å²) in [5, 5.41) is 10.2. The van der Waals surface area contributed by atoms with Crippen LogP contribution < -0.4 is 10.6 Å². The van der Waals surface area contributed by atoms with E-state index >= 15 is 0 Å². The summed E-state index contributed by atoms with van der Waals surface area (Å²) >= 11 is 0. The van der Waals surface area contributed by atoms with E-state index in [0.29, 0.717) is 18.2 Å². The highest BCUT2D eigenvalue weighted by molar-refractivity contribution is 5.99. The molecule has 20 heavy (non-hydrogen) atoms. The van der Waals surface area contributed by atoms with E-state index in [9.17, 15) is 4.79 Å². The van der Waals surface area contributed by atoms with Crippen LogP contribution in [0.5, 0.6) is 0 Å². The lowest BCUT2D eigenvalue weighted by Gasteiger charge is -2.10. The Morgan fingerprint density at radius 1 is 1.40 bits per heavy atom. The van der Waals surface area contributed by atoms with Crippen LogP contribution in [0.3, 0.4) is 0 Å². The molecule has 1 saturated carbocycles. The van der Waals surface area contributed by atoms with Gasteiger partial charge in [-0.1, -0.05) is 17.3 Å². The summed E-state index contributed by atoms with van der Waals surface area (Å²) in [5.74, 6) is 0.758. The number of anilines is 1. The van der Waals surface area contributed by atoms with Crippen molar-refractivity contribution in [3.05, 3.63) is 47.3 Å². The Morgan fingerprint density at radius 3 is 2.90 bits per heavy atom. The molecule has 0 unspecified atom stereocenters. The quantitative estimate of drug-likeness (QED) is 0.876. The van der Waals surface area contributed by atoms with Gasteiger partial charge in [0.25, 0.3) is 5.91 Å². The number of hydrogen-bond acceptors (Lipinski definition) is 4. The molecule has 2 N–H and O–H groups in total. The number of hydrogen-bond donors (Lipinski definition) is 2. The summed E-state index contributed by atoms with van der Waals surface area (Å²) < 4.78 is 5.02. The molecule has 104 valence electrons. The van der Waals surface area contributed by atoms with Gasteiger partial charge in [-0.05, 0) is 31.9 Å². The van der Waals surface area contributed by atoms with E-state index in [2.05, 4.69) is 15.8 Å². The number of rotatable bonds is 5. The molecule has 1 heterocycles. The number of nitrogens with zero attached hydrogens (tertiary/aromatic N) is 1. The lowest BCUT2D eigenvalue weighted by atomic mass is 10.1. The number of benzene rings is 1. The third-order valence-corrected chi connectivity index (χ3v) is 3.22. The predicted octanol–water partition coefficient (Wildman–Crippen LogP) is 2.49. The third kappa shape index (κ3) is 2.99. The van der Waals surface area contributed by atoms with Crippen molar-refractivity contribution < 1.29 is 9.32 Å². The van der Waals surface area contributed by atoms with Gasteiger partial charge in [-0.15, -0.1) is 0 Å². The molecule has 5 heteroatoms. The number of para-hydroxylation sites is 1. The van der Waals surface area contributed by atoms with Gasteiger partial charge in [0, 0.05) is 17.8 Å². The Morgan fingerprint density at radius 2 is 2.20 bits per heavy atom. The highest BCUT2D eigenvalue weighted by Gasteiger charge is 2.24. The van der Waals surface area contributed by atoms with Crippen molar-refractivity contribution >= 4 is 11.6 Å². The summed E-state index contributed by atoms with van der Waals surface area (Å²) in [4.78, 5) is 12.1. The van der Waals surface area contributed by atoms with Gasteiger partial charge in [0.05, 0.1) is 12.1 Å². The fraction of sp³-hybridized carbons (Fsp3) is 0.333. The third-order valence-electron chi connectivity index (χ3n) is 3.22. The van der Waals surface area contributed by atoms with E-state index in [1.807, 2.05) is 37.3 Å². The number of aryl methyl sites for hydroxylation is 1. The zero-order chi connectivity index (χ0) is 13.9. The second-order valence-electron chi connectivity index (χ2n) is 5.08. The van der Waals surface area contributed by atoms with Crippen molar-refractivity contribution in [3.63, 3.8) is 0 Å². The van der Waals surface area contributed by atoms with Crippen LogP contribution in [0, 0.1) is 6.92 Å². The van der Waals surface area contributed by atoms with E-state index in [4.69, 9.17) is 4.52 Å². The predicted molar refractivity (Wildman–Crippen MR) is 75.5 cm³/mol. The van der Waals surface area contributed by atoms with Gasteiger partial charge in [-0.2, -0.15) is 0 Å². The van der Waals surface area contributed by atoms with Crippen LogP contribution in [0.25, 0.3) is 0 Å². The molecule has 0 atom stereocenters. The molecule has 1 amide bonds. The molecule has 3 rings (SSSR count). The van der Waals surface area contributed by atoms with Crippen LogP contribution in [0.2, 0.25) is 0 Å². The summed E-state index contributed by atoms with van der Waals surface area (Å²) in [6, 6.07) is 9.73. The molecule has 5 nitrogen and oxygen atoms in total. The molecular formula is C15H17N3O2. The highest BCUT2D eigenvalue weighted by atomic mass is 16.5. The van der Waals surface area contributed by atoms with Crippen molar-refractivity contribution in [2.75, 3.05) is 5.32 Å². The SMILES string of the molecule is Cc1cc(CNc2ccccc2C(=O)NC2CC2)no1. The Bertz CT molecular complexity index is 617. The molecule has 0 saturated heterocycles. The Kier molecular flexibility index (Phi) is 3.41. The van der Waals surface area contributed by atoms with Gasteiger partial charge in [0.15, 0.2) is 0 Å². The van der Waals surface area contributed by atoms with Crippen molar-refractivity contribution in [1.29, 1.82) is 0 Å². The fourth-order valence-electron chi connectivity index (χ4n) is 2.01. The number of carbonyl (C=O) groups is 1. The Hall–Kier alpha value is -2.30. The second kappa shape index (κ2) is 5.36.